The normalized spacial score (nSPS) is 12.8. The Labute approximate surface area is 96.9 Å². The van der Waals surface area contributed by atoms with E-state index in [-0.39, 0.29) is 0 Å². The summed E-state index contributed by atoms with van der Waals surface area (Å²) in [7, 11) is 0. The van der Waals surface area contributed by atoms with E-state index in [2.05, 4.69) is 45.0 Å². The summed E-state index contributed by atoms with van der Waals surface area (Å²) in [5.41, 5.74) is 1.41. The van der Waals surface area contributed by atoms with E-state index < -0.39 is 0 Å². The number of hydrogen-bond donors (Lipinski definition) is 1. The zero-order chi connectivity index (χ0) is 11.4. The third-order valence-electron chi connectivity index (χ3n) is 2.51. The molecule has 1 N–H and O–H groups in total. The van der Waals surface area contributed by atoms with E-state index in [4.69, 9.17) is 6.42 Å². The minimum absolute atomic E-state index is 0.381. The molecular formula is C13H19NS. The summed E-state index contributed by atoms with van der Waals surface area (Å²) >= 11 is 1.86. The maximum Gasteiger partial charge on any atom is 0.0578 e. The molecule has 1 nitrogen and oxygen atoms in total. The molecule has 2 heteroatoms. The van der Waals surface area contributed by atoms with E-state index in [1.54, 1.807) is 0 Å². The van der Waals surface area contributed by atoms with Gasteiger partial charge in [0.25, 0.3) is 0 Å². The minimum Gasteiger partial charge on any atom is -0.299 e. The van der Waals surface area contributed by atoms with Gasteiger partial charge in [-0.1, -0.05) is 19.8 Å². The molecule has 1 heterocycles. The van der Waals surface area contributed by atoms with Gasteiger partial charge in [0, 0.05) is 15.8 Å². The predicted octanol–water partition coefficient (Wildman–Crippen LogP) is 3.28. The summed E-state index contributed by atoms with van der Waals surface area (Å²) in [5.74, 6) is 3.20. The van der Waals surface area contributed by atoms with Gasteiger partial charge < -0.3 is 0 Å². The number of thiophene rings is 1. The van der Waals surface area contributed by atoms with Crippen molar-refractivity contribution < 1.29 is 0 Å². The van der Waals surface area contributed by atoms with Crippen molar-refractivity contribution in [2.45, 2.75) is 33.7 Å². The Morgan fingerprint density at radius 1 is 1.47 bits per heavy atom. The second-order valence-electron chi connectivity index (χ2n) is 4.18. The van der Waals surface area contributed by atoms with Crippen molar-refractivity contribution in [2.75, 3.05) is 6.54 Å². The Hall–Kier alpha value is -0.780. The molecule has 15 heavy (non-hydrogen) atoms. The maximum atomic E-state index is 5.29. The van der Waals surface area contributed by atoms with Crippen LogP contribution >= 0.6 is 11.3 Å². The number of aryl methyl sites for hydroxylation is 2. The molecule has 0 saturated carbocycles. The van der Waals surface area contributed by atoms with E-state index in [1.807, 2.05) is 11.3 Å². The second-order valence-corrected chi connectivity index (χ2v) is 5.64. The van der Waals surface area contributed by atoms with Crippen LogP contribution in [0.3, 0.4) is 0 Å². The van der Waals surface area contributed by atoms with Crippen molar-refractivity contribution >= 4 is 11.3 Å². The first-order chi connectivity index (χ1) is 7.06. The molecule has 1 unspecified atom stereocenters. The van der Waals surface area contributed by atoms with Crippen LogP contribution in [0.15, 0.2) is 6.07 Å². The summed E-state index contributed by atoms with van der Waals surface area (Å²) < 4.78 is 0. The monoisotopic (exact) mass is 221 g/mol. The molecule has 0 aliphatic rings. The number of rotatable bonds is 4. The summed E-state index contributed by atoms with van der Waals surface area (Å²) in [5, 5.41) is 3.41. The molecule has 0 aliphatic heterocycles. The number of nitrogens with one attached hydrogen (secondary N) is 1. The van der Waals surface area contributed by atoms with Gasteiger partial charge in [-0.2, -0.15) is 0 Å². The highest BCUT2D eigenvalue weighted by atomic mass is 32.1. The summed E-state index contributed by atoms with van der Waals surface area (Å²) in [6.07, 6.45) is 5.29. The van der Waals surface area contributed by atoms with Gasteiger partial charge in [-0.05, 0) is 31.4 Å². The van der Waals surface area contributed by atoms with Crippen molar-refractivity contribution in [3.63, 3.8) is 0 Å². The van der Waals surface area contributed by atoms with Crippen LogP contribution in [0.4, 0.5) is 0 Å². The molecule has 1 aromatic heterocycles. The highest BCUT2D eigenvalue weighted by molar-refractivity contribution is 7.12. The molecule has 0 radical (unpaired) electrons. The third-order valence-corrected chi connectivity index (χ3v) is 3.49. The van der Waals surface area contributed by atoms with Crippen molar-refractivity contribution in [1.29, 1.82) is 0 Å². The lowest BCUT2D eigenvalue weighted by Gasteiger charge is -2.21. The zero-order valence-electron chi connectivity index (χ0n) is 9.92. The number of hydrogen-bond acceptors (Lipinski definition) is 2. The summed E-state index contributed by atoms with van der Waals surface area (Å²) in [6, 6.07) is 2.65. The third kappa shape index (κ3) is 3.09. The Bertz CT molecular complexity index is 357. The lowest BCUT2D eigenvalue weighted by Crippen LogP contribution is -2.26. The van der Waals surface area contributed by atoms with E-state index in [0.29, 0.717) is 18.5 Å². The van der Waals surface area contributed by atoms with Crippen LogP contribution in [0.1, 0.15) is 35.2 Å². The van der Waals surface area contributed by atoms with Gasteiger partial charge in [0.15, 0.2) is 0 Å². The van der Waals surface area contributed by atoms with Crippen molar-refractivity contribution in [3.05, 3.63) is 21.4 Å². The van der Waals surface area contributed by atoms with Crippen LogP contribution in [0.5, 0.6) is 0 Å². The van der Waals surface area contributed by atoms with Gasteiger partial charge in [0.05, 0.1) is 6.54 Å². The first-order valence-corrected chi connectivity index (χ1v) is 6.11. The Morgan fingerprint density at radius 3 is 2.53 bits per heavy atom. The smallest absolute Gasteiger partial charge is 0.0578 e. The van der Waals surface area contributed by atoms with Crippen LogP contribution in [0.2, 0.25) is 0 Å². The Kier molecular flexibility index (Phi) is 4.38. The fourth-order valence-electron chi connectivity index (χ4n) is 1.83. The second kappa shape index (κ2) is 5.34. The first kappa shape index (κ1) is 12.3. The standard InChI is InChI=1S/C13H19NS/c1-6-7-14-13(9(2)3)12-8-10(4)15-11(12)5/h1,8-9,13-14H,7H2,2-5H3. The molecule has 0 aliphatic carbocycles. The molecule has 0 aromatic carbocycles. The fraction of sp³-hybridized carbons (Fsp3) is 0.538. The molecule has 0 saturated heterocycles. The molecule has 1 atom stereocenters. The summed E-state index contributed by atoms with van der Waals surface area (Å²) in [4.78, 5) is 2.77. The van der Waals surface area contributed by atoms with E-state index in [0.717, 1.165) is 0 Å². The molecule has 0 bridgehead atoms. The highest BCUT2D eigenvalue weighted by Crippen LogP contribution is 2.30. The lowest BCUT2D eigenvalue weighted by molar-refractivity contribution is 0.431. The van der Waals surface area contributed by atoms with Crippen molar-refractivity contribution in [1.82, 2.24) is 5.32 Å². The molecule has 1 aromatic rings. The molecule has 0 fully saturated rings. The highest BCUT2D eigenvalue weighted by Gasteiger charge is 2.18. The van der Waals surface area contributed by atoms with Crippen molar-refractivity contribution in [3.8, 4) is 12.3 Å². The Morgan fingerprint density at radius 2 is 2.13 bits per heavy atom. The van der Waals surface area contributed by atoms with Gasteiger partial charge in [-0.15, -0.1) is 17.8 Å². The van der Waals surface area contributed by atoms with Gasteiger partial charge >= 0.3 is 0 Å². The average molecular weight is 221 g/mol. The molecule has 82 valence electrons. The number of terminal acetylenes is 1. The minimum atomic E-state index is 0.381. The topological polar surface area (TPSA) is 12.0 Å². The lowest BCUT2D eigenvalue weighted by atomic mass is 9.96. The fourth-order valence-corrected chi connectivity index (χ4v) is 2.81. The summed E-state index contributed by atoms with van der Waals surface area (Å²) in [6.45, 7) is 9.41. The quantitative estimate of drug-likeness (QED) is 0.769. The first-order valence-electron chi connectivity index (χ1n) is 5.30. The van der Waals surface area contributed by atoms with Crippen LogP contribution in [-0.2, 0) is 0 Å². The van der Waals surface area contributed by atoms with Gasteiger partial charge in [0.1, 0.15) is 0 Å². The molecule has 0 spiro atoms. The van der Waals surface area contributed by atoms with E-state index in [9.17, 15) is 0 Å². The molecular weight excluding hydrogens is 202 g/mol. The molecule has 0 amide bonds. The van der Waals surface area contributed by atoms with E-state index >= 15 is 0 Å². The van der Waals surface area contributed by atoms with E-state index in [1.165, 1.54) is 15.3 Å². The molecule has 1 rings (SSSR count). The van der Waals surface area contributed by atoms with Gasteiger partial charge in [-0.3, -0.25) is 5.32 Å². The van der Waals surface area contributed by atoms with Crippen LogP contribution < -0.4 is 5.32 Å². The Balaban J connectivity index is 2.89. The van der Waals surface area contributed by atoms with Crippen molar-refractivity contribution in [2.24, 2.45) is 5.92 Å². The maximum absolute atomic E-state index is 5.29. The zero-order valence-corrected chi connectivity index (χ0v) is 10.7. The largest absolute Gasteiger partial charge is 0.299 e. The van der Waals surface area contributed by atoms with Crippen LogP contribution in [-0.4, -0.2) is 6.54 Å². The SMILES string of the molecule is C#CCNC(c1cc(C)sc1C)C(C)C. The average Bonchev–Trinajstić information content (AvgIpc) is 2.46. The van der Waals surface area contributed by atoms with Crippen LogP contribution in [0.25, 0.3) is 0 Å². The van der Waals surface area contributed by atoms with Gasteiger partial charge in [0.2, 0.25) is 0 Å². The predicted molar refractivity (Wildman–Crippen MR) is 68.2 cm³/mol. The van der Waals surface area contributed by atoms with Gasteiger partial charge in [-0.25, -0.2) is 0 Å². The van der Waals surface area contributed by atoms with Crippen LogP contribution in [0, 0.1) is 32.1 Å².